The lowest BCUT2D eigenvalue weighted by molar-refractivity contribution is -0.340. The van der Waals surface area contributed by atoms with Crippen LogP contribution in [0.25, 0.3) is 0 Å². The molecule has 2 aromatic rings. The number of nitrogens with two attached hydrogens (primary N) is 1. The summed E-state index contributed by atoms with van der Waals surface area (Å²) in [6.45, 7) is 3.24. The number of hydrogen-bond donors (Lipinski definition) is 1. The molecule has 0 aliphatic rings. The Morgan fingerprint density at radius 2 is 1.36 bits per heavy atom. The third-order valence-electron chi connectivity index (χ3n) is 4.67. The maximum Gasteiger partial charge on any atom is 0.417 e. The van der Waals surface area contributed by atoms with Crippen LogP contribution in [0.5, 0.6) is 0 Å². The highest BCUT2D eigenvalue weighted by molar-refractivity contribution is 7.84. The Morgan fingerprint density at radius 1 is 0.929 bits per heavy atom. The summed E-state index contributed by atoms with van der Waals surface area (Å²) in [7, 11) is -1.75. The fourth-order valence-electron chi connectivity index (χ4n) is 2.89. The summed E-state index contributed by atoms with van der Waals surface area (Å²) in [4.78, 5) is 0. The molecule has 0 bridgehead atoms. The van der Waals surface area contributed by atoms with Crippen LogP contribution in [0.2, 0.25) is 0 Å². The summed E-state index contributed by atoms with van der Waals surface area (Å²) in [5, 5.41) is 5.52. The predicted molar refractivity (Wildman–Crippen MR) is 101 cm³/mol. The first-order valence-corrected chi connectivity index (χ1v) is 9.86. The summed E-state index contributed by atoms with van der Waals surface area (Å²) < 4.78 is 70.1. The molecule has 0 amide bonds. The van der Waals surface area contributed by atoms with Gasteiger partial charge in [-0.25, -0.2) is 13.0 Å². The molecule has 0 heterocycles. The largest absolute Gasteiger partial charge is 0.417 e. The lowest BCUT2D eigenvalue weighted by Crippen LogP contribution is -2.44. The molecule has 0 saturated carbocycles. The quantitative estimate of drug-likeness (QED) is 0.585. The first kappa shape index (κ1) is 22.5. The van der Waals surface area contributed by atoms with Crippen LogP contribution < -0.4 is 5.14 Å². The predicted octanol–water partition coefficient (Wildman–Crippen LogP) is 4.99. The fraction of sp³-hybridized carbons (Fsp3) is 0.400. The van der Waals surface area contributed by atoms with E-state index in [0.717, 1.165) is 0 Å². The lowest BCUT2D eigenvalue weighted by atomic mass is 9.80. The van der Waals surface area contributed by atoms with Crippen LogP contribution in [0.3, 0.4) is 0 Å². The molecule has 3 nitrogen and oxygen atoms in total. The van der Waals surface area contributed by atoms with Gasteiger partial charge >= 0.3 is 12.5 Å². The maximum absolute atomic E-state index is 14.1. The van der Waals surface area contributed by atoms with E-state index in [4.69, 9.17) is 9.88 Å². The molecule has 0 aliphatic carbocycles. The first-order valence-electron chi connectivity index (χ1n) is 8.65. The monoisotopic (exact) mass is 417 g/mol. The Labute approximate surface area is 164 Å². The van der Waals surface area contributed by atoms with Crippen LogP contribution in [0.15, 0.2) is 60.7 Å². The molecule has 0 spiro atoms. The van der Waals surface area contributed by atoms with Gasteiger partial charge in [0.15, 0.2) is 0 Å². The number of rotatable bonds is 9. The van der Waals surface area contributed by atoms with E-state index in [1.54, 1.807) is 74.5 Å². The van der Waals surface area contributed by atoms with E-state index in [-0.39, 0.29) is 12.8 Å². The second kappa shape index (κ2) is 8.71. The summed E-state index contributed by atoms with van der Waals surface area (Å²) in [6.07, 6.45) is -8.72. The highest BCUT2D eigenvalue weighted by Gasteiger charge is 2.51. The zero-order valence-electron chi connectivity index (χ0n) is 15.6. The van der Waals surface area contributed by atoms with Gasteiger partial charge in [-0.3, -0.25) is 9.88 Å². The number of hydrogen-bond acceptors (Lipinski definition) is 2. The molecule has 2 aromatic carbocycles. The Hall–Kier alpha value is -1.77. The molecule has 28 heavy (non-hydrogen) atoms. The average Bonchev–Trinajstić information content (AvgIpc) is 2.66. The molecule has 0 aliphatic heterocycles. The van der Waals surface area contributed by atoms with Crippen LogP contribution in [0, 0.1) is 0 Å². The van der Waals surface area contributed by atoms with E-state index < -0.39 is 33.9 Å². The lowest BCUT2D eigenvalue weighted by Gasteiger charge is -2.39. The number of ether oxygens (including phenoxy) is 1. The standard InChI is InChI=1S/C20H23F4NO2S/c1-18(2,28(25)26)13-14-19(15-9-5-3-6-10-15,16-11-7-4-8-12-16)27-20(23,24)17(21)22/h3-12,17H,13-14,25H2,1-2H3. The zero-order valence-corrected chi connectivity index (χ0v) is 16.4. The van der Waals surface area contributed by atoms with Gasteiger partial charge in [0, 0.05) is 0 Å². The van der Waals surface area contributed by atoms with Crippen molar-refractivity contribution in [1.82, 2.24) is 0 Å². The molecule has 0 radical (unpaired) electrons. The van der Waals surface area contributed by atoms with Crippen molar-refractivity contribution in [3.8, 4) is 0 Å². The number of halogens is 4. The summed E-state index contributed by atoms with van der Waals surface area (Å²) >= 11 is 0. The van der Waals surface area contributed by atoms with Crippen molar-refractivity contribution in [2.24, 2.45) is 5.14 Å². The zero-order chi connectivity index (χ0) is 21.0. The molecule has 0 fully saturated rings. The van der Waals surface area contributed by atoms with Crippen molar-refractivity contribution < 1.29 is 26.5 Å². The minimum Gasteiger partial charge on any atom is -0.300 e. The minimum absolute atomic E-state index is 0.0964. The topological polar surface area (TPSA) is 52.3 Å². The molecule has 0 aromatic heterocycles. The second-order valence-corrected chi connectivity index (χ2v) is 8.78. The van der Waals surface area contributed by atoms with Crippen LogP contribution in [-0.4, -0.2) is 21.5 Å². The van der Waals surface area contributed by atoms with Crippen molar-refractivity contribution >= 4 is 11.0 Å². The highest BCUT2D eigenvalue weighted by atomic mass is 32.2. The molecule has 1 atom stereocenters. The van der Waals surface area contributed by atoms with E-state index in [1.165, 1.54) is 0 Å². The van der Waals surface area contributed by atoms with E-state index in [9.17, 15) is 21.8 Å². The molecule has 8 heteroatoms. The average molecular weight is 417 g/mol. The fourth-order valence-corrected chi connectivity index (χ4v) is 3.20. The molecule has 0 saturated heterocycles. The van der Waals surface area contributed by atoms with Gasteiger partial charge in [-0.1, -0.05) is 60.7 Å². The van der Waals surface area contributed by atoms with Gasteiger partial charge in [0.05, 0.1) is 15.7 Å². The van der Waals surface area contributed by atoms with Crippen molar-refractivity contribution in [2.45, 2.75) is 49.6 Å². The highest BCUT2D eigenvalue weighted by Crippen LogP contribution is 2.45. The van der Waals surface area contributed by atoms with Crippen molar-refractivity contribution in [2.75, 3.05) is 0 Å². The van der Waals surface area contributed by atoms with Gasteiger partial charge in [-0.05, 0) is 37.8 Å². The molecular formula is C20H23F4NO2S. The second-order valence-electron chi connectivity index (χ2n) is 7.08. The third-order valence-corrected chi connectivity index (χ3v) is 5.96. The number of alkyl halides is 4. The summed E-state index contributed by atoms with van der Waals surface area (Å²) in [5.74, 6) is 0. The van der Waals surface area contributed by atoms with Gasteiger partial charge in [-0.2, -0.15) is 8.78 Å². The third kappa shape index (κ3) is 4.98. The van der Waals surface area contributed by atoms with E-state index in [0.29, 0.717) is 11.1 Å². The van der Waals surface area contributed by atoms with Crippen molar-refractivity contribution in [1.29, 1.82) is 0 Å². The summed E-state index contributed by atoms with van der Waals surface area (Å²) in [6, 6.07) is 16.0. The van der Waals surface area contributed by atoms with E-state index in [1.807, 2.05) is 0 Å². The van der Waals surface area contributed by atoms with Gasteiger partial charge in [0.25, 0.3) is 0 Å². The number of benzene rings is 2. The SMILES string of the molecule is CC(C)(CCC(OC(F)(F)C(F)F)(c1ccccc1)c1ccccc1)S(N)=O. The minimum atomic E-state index is -4.68. The molecule has 1 unspecified atom stereocenters. The normalized spacial score (nSPS) is 14.3. The van der Waals surface area contributed by atoms with Crippen LogP contribution in [0.1, 0.15) is 37.8 Å². The molecule has 154 valence electrons. The van der Waals surface area contributed by atoms with Crippen LogP contribution in [-0.2, 0) is 21.3 Å². The van der Waals surface area contributed by atoms with Gasteiger partial charge < -0.3 is 0 Å². The smallest absolute Gasteiger partial charge is 0.300 e. The van der Waals surface area contributed by atoms with Gasteiger partial charge in [0.2, 0.25) is 0 Å². The Kier molecular flexibility index (Phi) is 7.01. The molecule has 2 N–H and O–H groups in total. The van der Waals surface area contributed by atoms with Crippen molar-refractivity contribution in [3.63, 3.8) is 0 Å². The molecule has 2 rings (SSSR count). The molecular weight excluding hydrogens is 394 g/mol. The summed E-state index contributed by atoms with van der Waals surface area (Å²) in [5.41, 5.74) is -1.29. The Bertz CT molecular complexity index is 746. The van der Waals surface area contributed by atoms with Gasteiger partial charge in [-0.15, -0.1) is 0 Å². The Balaban J connectivity index is 2.63. The maximum atomic E-state index is 14.1. The van der Waals surface area contributed by atoms with Gasteiger partial charge in [0.1, 0.15) is 5.60 Å². The first-order chi connectivity index (χ1) is 13.0. The van der Waals surface area contributed by atoms with Crippen molar-refractivity contribution in [3.05, 3.63) is 71.8 Å². The van der Waals surface area contributed by atoms with Crippen LogP contribution >= 0.6 is 0 Å². The van der Waals surface area contributed by atoms with E-state index >= 15 is 0 Å². The van der Waals surface area contributed by atoms with Crippen LogP contribution in [0.4, 0.5) is 17.6 Å². The Morgan fingerprint density at radius 3 is 1.71 bits per heavy atom. The van der Waals surface area contributed by atoms with E-state index in [2.05, 4.69) is 0 Å².